The Labute approximate surface area is 115 Å². The monoisotopic (exact) mass is 265 g/mol. The van der Waals surface area contributed by atoms with Crippen molar-refractivity contribution < 1.29 is 9.21 Å². The highest BCUT2D eigenvalue weighted by Gasteiger charge is 2.15. The molecule has 2 aromatic carbocycles. The predicted molar refractivity (Wildman–Crippen MR) is 73.7 cm³/mol. The van der Waals surface area contributed by atoms with E-state index in [0.29, 0.717) is 17.0 Å². The van der Waals surface area contributed by atoms with Gasteiger partial charge in [0.1, 0.15) is 0 Å². The molecule has 2 N–H and O–H groups in total. The van der Waals surface area contributed by atoms with Crippen molar-refractivity contribution >= 4 is 5.91 Å². The van der Waals surface area contributed by atoms with E-state index < -0.39 is 5.91 Å². The van der Waals surface area contributed by atoms with Crippen molar-refractivity contribution in [3.05, 3.63) is 60.2 Å². The number of aromatic nitrogens is 2. The molecular formula is C15H11N3O2. The van der Waals surface area contributed by atoms with Gasteiger partial charge >= 0.3 is 0 Å². The van der Waals surface area contributed by atoms with Crippen LogP contribution in [0.5, 0.6) is 0 Å². The Kier molecular flexibility index (Phi) is 3.01. The van der Waals surface area contributed by atoms with Crippen LogP contribution in [0.25, 0.3) is 22.9 Å². The summed E-state index contributed by atoms with van der Waals surface area (Å²) >= 11 is 0. The van der Waals surface area contributed by atoms with E-state index in [2.05, 4.69) is 10.2 Å². The van der Waals surface area contributed by atoms with Crippen molar-refractivity contribution in [2.75, 3.05) is 0 Å². The number of nitrogens with zero attached hydrogens (tertiary/aromatic N) is 2. The molecule has 0 radical (unpaired) electrons. The molecule has 0 fully saturated rings. The Bertz CT molecular complexity index is 751. The second-order valence-electron chi connectivity index (χ2n) is 4.19. The maximum atomic E-state index is 11.4. The molecule has 0 aliphatic rings. The molecule has 20 heavy (non-hydrogen) atoms. The predicted octanol–water partition coefficient (Wildman–Crippen LogP) is 2.50. The van der Waals surface area contributed by atoms with E-state index in [0.717, 1.165) is 5.56 Å². The van der Waals surface area contributed by atoms with Gasteiger partial charge < -0.3 is 10.2 Å². The van der Waals surface area contributed by atoms with Crippen LogP contribution >= 0.6 is 0 Å². The van der Waals surface area contributed by atoms with Gasteiger partial charge in [-0.05, 0) is 24.3 Å². The first-order valence-corrected chi connectivity index (χ1v) is 6.04. The molecule has 0 unspecified atom stereocenters. The zero-order valence-corrected chi connectivity index (χ0v) is 10.5. The van der Waals surface area contributed by atoms with Crippen LogP contribution in [0.3, 0.4) is 0 Å². The first-order valence-electron chi connectivity index (χ1n) is 6.04. The van der Waals surface area contributed by atoms with E-state index in [1.807, 2.05) is 30.3 Å². The largest absolute Gasteiger partial charge is 0.416 e. The van der Waals surface area contributed by atoms with Crippen molar-refractivity contribution in [1.29, 1.82) is 0 Å². The number of amides is 1. The van der Waals surface area contributed by atoms with Crippen molar-refractivity contribution in [2.45, 2.75) is 0 Å². The van der Waals surface area contributed by atoms with Crippen LogP contribution in [0, 0.1) is 0 Å². The quantitative estimate of drug-likeness (QED) is 0.788. The van der Waals surface area contributed by atoms with E-state index in [9.17, 15) is 4.79 Å². The molecule has 5 nitrogen and oxygen atoms in total. The molecular weight excluding hydrogens is 254 g/mol. The minimum absolute atomic E-state index is 0.276. The summed E-state index contributed by atoms with van der Waals surface area (Å²) in [6.07, 6.45) is 0. The number of benzene rings is 2. The first-order chi connectivity index (χ1) is 9.75. The minimum Gasteiger partial charge on any atom is -0.416 e. The standard InChI is InChI=1S/C15H11N3O2/c16-13(19)11-8-4-5-9-12(11)15-18-17-14(20-15)10-6-2-1-3-7-10/h1-9H,(H2,16,19). The van der Waals surface area contributed by atoms with Gasteiger partial charge in [0.15, 0.2) is 0 Å². The number of nitrogens with two attached hydrogens (primary N) is 1. The molecule has 0 saturated carbocycles. The third-order valence-electron chi connectivity index (χ3n) is 2.87. The molecule has 98 valence electrons. The lowest BCUT2D eigenvalue weighted by Gasteiger charge is -2.01. The van der Waals surface area contributed by atoms with E-state index in [4.69, 9.17) is 10.2 Å². The van der Waals surface area contributed by atoms with Gasteiger partial charge in [-0.15, -0.1) is 10.2 Å². The molecule has 5 heteroatoms. The van der Waals surface area contributed by atoms with Crippen LogP contribution < -0.4 is 5.73 Å². The second kappa shape index (κ2) is 4.97. The number of rotatable bonds is 3. The third-order valence-corrected chi connectivity index (χ3v) is 2.87. The summed E-state index contributed by atoms with van der Waals surface area (Å²) in [5, 5.41) is 7.98. The fourth-order valence-electron chi connectivity index (χ4n) is 1.91. The first kappa shape index (κ1) is 12.1. The summed E-state index contributed by atoms with van der Waals surface area (Å²) < 4.78 is 5.62. The third kappa shape index (κ3) is 2.16. The normalized spacial score (nSPS) is 10.4. The highest BCUT2D eigenvalue weighted by atomic mass is 16.4. The minimum atomic E-state index is -0.528. The number of hydrogen-bond donors (Lipinski definition) is 1. The van der Waals surface area contributed by atoms with Gasteiger partial charge in [0.05, 0.1) is 11.1 Å². The number of primary amides is 1. The number of hydrogen-bond acceptors (Lipinski definition) is 4. The van der Waals surface area contributed by atoms with Gasteiger partial charge in [-0.1, -0.05) is 30.3 Å². The molecule has 1 heterocycles. The fraction of sp³-hybridized carbons (Fsp3) is 0. The Hall–Kier alpha value is -2.95. The summed E-state index contributed by atoms with van der Waals surface area (Å²) in [7, 11) is 0. The number of carbonyl (C=O) groups is 1. The summed E-state index contributed by atoms with van der Waals surface area (Å²) in [5.74, 6) is 0.151. The lowest BCUT2D eigenvalue weighted by Crippen LogP contribution is -2.12. The van der Waals surface area contributed by atoms with Crippen LogP contribution in [0.1, 0.15) is 10.4 Å². The average molecular weight is 265 g/mol. The van der Waals surface area contributed by atoms with E-state index in [1.165, 1.54) is 0 Å². The molecule has 1 amide bonds. The van der Waals surface area contributed by atoms with Gasteiger partial charge in [0, 0.05) is 5.56 Å². The second-order valence-corrected chi connectivity index (χ2v) is 4.19. The van der Waals surface area contributed by atoms with E-state index in [-0.39, 0.29) is 5.89 Å². The van der Waals surface area contributed by atoms with Gasteiger partial charge in [0.25, 0.3) is 0 Å². The SMILES string of the molecule is NC(=O)c1ccccc1-c1nnc(-c2ccccc2)o1. The Morgan fingerprint density at radius 3 is 2.30 bits per heavy atom. The van der Waals surface area contributed by atoms with Gasteiger partial charge in [-0.3, -0.25) is 4.79 Å². The van der Waals surface area contributed by atoms with E-state index in [1.54, 1.807) is 24.3 Å². The lowest BCUT2D eigenvalue weighted by molar-refractivity contribution is 0.100. The molecule has 0 spiro atoms. The van der Waals surface area contributed by atoms with Gasteiger partial charge in [0.2, 0.25) is 17.7 Å². The van der Waals surface area contributed by atoms with Crippen molar-refractivity contribution in [1.82, 2.24) is 10.2 Å². The van der Waals surface area contributed by atoms with Gasteiger partial charge in [-0.2, -0.15) is 0 Å². The van der Waals surface area contributed by atoms with Crippen LogP contribution in [-0.4, -0.2) is 16.1 Å². The smallest absolute Gasteiger partial charge is 0.249 e. The van der Waals surface area contributed by atoms with E-state index >= 15 is 0 Å². The van der Waals surface area contributed by atoms with Crippen molar-refractivity contribution in [3.63, 3.8) is 0 Å². The molecule has 0 atom stereocenters. The zero-order chi connectivity index (χ0) is 13.9. The molecule has 0 aliphatic carbocycles. The molecule has 3 rings (SSSR count). The summed E-state index contributed by atoms with van der Waals surface area (Å²) in [6, 6.07) is 16.3. The van der Waals surface area contributed by atoms with Crippen LogP contribution in [0.4, 0.5) is 0 Å². The molecule has 0 aliphatic heterocycles. The van der Waals surface area contributed by atoms with Crippen molar-refractivity contribution in [3.8, 4) is 22.9 Å². The fourth-order valence-corrected chi connectivity index (χ4v) is 1.91. The lowest BCUT2D eigenvalue weighted by atomic mass is 10.1. The summed E-state index contributed by atoms with van der Waals surface area (Å²) in [4.78, 5) is 11.4. The molecule has 1 aromatic heterocycles. The Morgan fingerprint density at radius 1 is 0.900 bits per heavy atom. The highest BCUT2D eigenvalue weighted by Crippen LogP contribution is 2.25. The topological polar surface area (TPSA) is 82.0 Å². The van der Waals surface area contributed by atoms with Gasteiger partial charge in [-0.25, -0.2) is 0 Å². The molecule has 0 bridgehead atoms. The Morgan fingerprint density at radius 2 is 1.55 bits per heavy atom. The van der Waals surface area contributed by atoms with Crippen LogP contribution in [0.15, 0.2) is 59.0 Å². The number of carbonyl (C=O) groups excluding carboxylic acids is 1. The molecule has 0 saturated heterocycles. The van der Waals surface area contributed by atoms with Crippen LogP contribution in [0.2, 0.25) is 0 Å². The summed E-state index contributed by atoms with van der Waals surface area (Å²) in [5.41, 5.74) is 7.06. The zero-order valence-electron chi connectivity index (χ0n) is 10.5. The van der Waals surface area contributed by atoms with Crippen LogP contribution in [-0.2, 0) is 0 Å². The molecule has 3 aromatic rings. The van der Waals surface area contributed by atoms with Crippen molar-refractivity contribution in [2.24, 2.45) is 5.73 Å². The Balaban J connectivity index is 2.05. The average Bonchev–Trinajstić information content (AvgIpc) is 2.98. The maximum absolute atomic E-state index is 11.4. The maximum Gasteiger partial charge on any atom is 0.249 e. The highest BCUT2D eigenvalue weighted by molar-refractivity contribution is 5.98. The summed E-state index contributed by atoms with van der Waals surface area (Å²) in [6.45, 7) is 0.